The van der Waals surface area contributed by atoms with Gasteiger partial charge in [-0.3, -0.25) is 0 Å². The molecule has 0 aliphatic heterocycles. The summed E-state index contributed by atoms with van der Waals surface area (Å²) < 4.78 is 0.539. The Labute approximate surface area is 83.4 Å². The van der Waals surface area contributed by atoms with Gasteiger partial charge in [-0.1, -0.05) is 38.9 Å². The fourth-order valence-corrected chi connectivity index (χ4v) is 1.10. The standard InChI is InChI=1S/C10H12N2S/c1-5-7-6-8(13)12-9(11-7)10(2,3)4/h1,6H,2-4H3,(H,11,12,13). The molecule has 0 aromatic carbocycles. The van der Waals surface area contributed by atoms with Gasteiger partial charge in [0.2, 0.25) is 0 Å². The first-order valence-corrected chi connectivity index (χ1v) is 4.43. The molecule has 0 saturated carbocycles. The summed E-state index contributed by atoms with van der Waals surface area (Å²) in [7, 11) is 0. The molecule has 1 aromatic heterocycles. The molecular formula is C10H12N2S. The Morgan fingerprint density at radius 2 is 2.15 bits per heavy atom. The maximum absolute atomic E-state index is 5.28. The van der Waals surface area contributed by atoms with Gasteiger partial charge in [0.25, 0.3) is 0 Å². The first-order valence-electron chi connectivity index (χ1n) is 4.02. The average Bonchev–Trinajstić information content (AvgIpc) is 2.01. The minimum absolute atomic E-state index is 0.0551. The summed E-state index contributed by atoms with van der Waals surface area (Å²) in [6.07, 6.45) is 5.28. The van der Waals surface area contributed by atoms with Crippen molar-refractivity contribution in [1.82, 2.24) is 9.97 Å². The average molecular weight is 192 g/mol. The first-order chi connectivity index (χ1) is 5.93. The fourth-order valence-electron chi connectivity index (χ4n) is 0.890. The summed E-state index contributed by atoms with van der Waals surface area (Å²) in [5.41, 5.74) is 0.630. The van der Waals surface area contributed by atoms with E-state index in [-0.39, 0.29) is 5.41 Å². The molecule has 1 N–H and O–H groups in total. The van der Waals surface area contributed by atoms with Gasteiger partial charge in [0.1, 0.15) is 10.5 Å². The van der Waals surface area contributed by atoms with Gasteiger partial charge in [-0.05, 0) is 0 Å². The fraction of sp³-hybridized carbons (Fsp3) is 0.400. The maximum atomic E-state index is 5.28. The van der Waals surface area contributed by atoms with Crippen molar-refractivity contribution in [3.8, 4) is 12.3 Å². The summed E-state index contributed by atoms with van der Waals surface area (Å²) in [5, 5.41) is 0. The molecule has 1 aromatic rings. The zero-order chi connectivity index (χ0) is 10.1. The molecule has 68 valence electrons. The van der Waals surface area contributed by atoms with Gasteiger partial charge < -0.3 is 4.98 Å². The molecular weight excluding hydrogens is 180 g/mol. The van der Waals surface area contributed by atoms with Crippen LogP contribution in [0, 0.1) is 17.0 Å². The molecule has 0 amide bonds. The van der Waals surface area contributed by atoms with E-state index in [1.807, 2.05) is 0 Å². The van der Waals surface area contributed by atoms with Crippen molar-refractivity contribution in [3.05, 3.63) is 22.2 Å². The normalized spacial score (nSPS) is 10.9. The number of terminal acetylenes is 1. The van der Waals surface area contributed by atoms with Crippen molar-refractivity contribution in [2.24, 2.45) is 0 Å². The number of aromatic nitrogens is 2. The van der Waals surface area contributed by atoms with Crippen LogP contribution in [0.5, 0.6) is 0 Å². The van der Waals surface area contributed by atoms with Crippen molar-refractivity contribution in [2.75, 3.05) is 0 Å². The zero-order valence-corrected chi connectivity index (χ0v) is 8.83. The molecule has 0 aliphatic carbocycles. The van der Waals surface area contributed by atoms with E-state index in [2.05, 4.69) is 36.7 Å². The predicted octanol–water partition coefficient (Wildman–Crippen LogP) is 2.42. The lowest BCUT2D eigenvalue weighted by atomic mass is 9.96. The molecule has 1 heterocycles. The number of hydrogen-bond acceptors (Lipinski definition) is 2. The Balaban J connectivity index is 3.35. The SMILES string of the molecule is C#Cc1cc(=S)nc(C(C)(C)C)[nH]1. The number of H-pyrrole nitrogens is 1. The number of nitrogens with one attached hydrogen (secondary N) is 1. The van der Waals surface area contributed by atoms with Crippen LogP contribution in [0.3, 0.4) is 0 Å². The van der Waals surface area contributed by atoms with E-state index in [9.17, 15) is 0 Å². The van der Waals surface area contributed by atoms with Crippen LogP contribution in [0.25, 0.3) is 0 Å². The minimum Gasteiger partial charge on any atom is -0.336 e. The van der Waals surface area contributed by atoms with E-state index < -0.39 is 0 Å². The third kappa shape index (κ3) is 2.40. The number of rotatable bonds is 0. The molecule has 1 rings (SSSR count). The third-order valence-corrected chi connectivity index (χ3v) is 1.82. The van der Waals surface area contributed by atoms with Gasteiger partial charge in [-0.2, -0.15) is 0 Å². The molecule has 2 nitrogen and oxygen atoms in total. The Kier molecular flexibility index (Phi) is 2.53. The van der Waals surface area contributed by atoms with Crippen LogP contribution in [-0.4, -0.2) is 9.97 Å². The molecule has 0 fully saturated rings. The van der Waals surface area contributed by atoms with Crippen molar-refractivity contribution in [3.63, 3.8) is 0 Å². The Morgan fingerprint density at radius 1 is 1.54 bits per heavy atom. The number of aromatic amines is 1. The van der Waals surface area contributed by atoms with Crippen LogP contribution in [0.2, 0.25) is 0 Å². The first kappa shape index (κ1) is 9.94. The van der Waals surface area contributed by atoms with E-state index in [0.29, 0.717) is 10.3 Å². The van der Waals surface area contributed by atoms with Crippen molar-refractivity contribution < 1.29 is 0 Å². The van der Waals surface area contributed by atoms with E-state index in [4.69, 9.17) is 18.6 Å². The van der Waals surface area contributed by atoms with Crippen LogP contribution in [0.15, 0.2) is 6.07 Å². The Morgan fingerprint density at radius 3 is 2.62 bits per heavy atom. The van der Waals surface area contributed by atoms with Crippen LogP contribution >= 0.6 is 12.2 Å². The lowest BCUT2D eigenvalue weighted by Gasteiger charge is -2.17. The van der Waals surface area contributed by atoms with Gasteiger partial charge in [0.05, 0.1) is 5.69 Å². The number of nitrogens with zero attached hydrogens (tertiary/aromatic N) is 1. The third-order valence-electron chi connectivity index (χ3n) is 1.61. The van der Waals surface area contributed by atoms with Crippen LogP contribution in [0.1, 0.15) is 32.3 Å². The summed E-state index contributed by atoms with van der Waals surface area (Å²) in [6.45, 7) is 6.17. The van der Waals surface area contributed by atoms with Crippen molar-refractivity contribution in [1.29, 1.82) is 0 Å². The van der Waals surface area contributed by atoms with E-state index >= 15 is 0 Å². The molecule has 0 radical (unpaired) electrons. The molecule has 3 heteroatoms. The second kappa shape index (κ2) is 3.31. The quantitative estimate of drug-likeness (QED) is 0.505. The molecule has 13 heavy (non-hydrogen) atoms. The van der Waals surface area contributed by atoms with Gasteiger partial charge in [0, 0.05) is 11.5 Å². The van der Waals surface area contributed by atoms with Crippen LogP contribution in [-0.2, 0) is 5.41 Å². The van der Waals surface area contributed by atoms with Crippen LogP contribution < -0.4 is 0 Å². The van der Waals surface area contributed by atoms with Crippen molar-refractivity contribution >= 4 is 12.2 Å². The van der Waals surface area contributed by atoms with Gasteiger partial charge in [-0.25, -0.2) is 4.98 Å². The molecule has 0 saturated heterocycles. The van der Waals surface area contributed by atoms with Gasteiger partial charge in [-0.15, -0.1) is 6.42 Å². The summed E-state index contributed by atoms with van der Waals surface area (Å²) in [6, 6.07) is 1.69. The topological polar surface area (TPSA) is 28.7 Å². The summed E-state index contributed by atoms with van der Waals surface area (Å²) in [4.78, 5) is 7.28. The molecule has 0 unspecified atom stereocenters. The lowest BCUT2D eigenvalue weighted by Crippen LogP contribution is -2.16. The zero-order valence-electron chi connectivity index (χ0n) is 8.01. The lowest BCUT2D eigenvalue weighted by molar-refractivity contribution is 0.543. The highest BCUT2D eigenvalue weighted by atomic mass is 32.1. The number of hydrogen-bond donors (Lipinski definition) is 1. The second-order valence-corrected chi connectivity index (χ2v) is 4.29. The smallest absolute Gasteiger partial charge is 0.131 e. The highest BCUT2D eigenvalue weighted by Crippen LogP contribution is 2.17. The van der Waals surface area contributed by atoms with E-state index in [0.717, 1.165) is 5.82 Å². The molecule has 0 bridgehead atoms. The van der Waals surface area contributed by atoms with Crippen LogP contribution in [0.4, 0.5) is 0 Å². The van der Waals surface area contributed by atoms with Crippen molar-refractivity contribution in [2.45, 2.75) is 26.2 Å². The molecule has 0 aliphatic rings. The highest BCUT2D eigenvalue weighted by molar-refractivity contribution is 7.71. The van der Waals surface area contributed by atoms with E-state index in [1.165, 1.54) is 0 Å². The molecule has 0 atom stereocenters. The molecule has 0 spiro atoms. The predicted molar refractivity (Wildman–Crippen MR) is 56.1 cm³/mol. The van der Waals surface area contributed by atoms with E-state index in [1.54, 1.807) is 6.07 Å². The Bertz CT molecular complexity index is 404. The summed E-state index contributed by atoms with van der Waals surface area (Å²) in [5.74, 6) is 3.34. The monoisotopic (exact) mass is 192 g/mol. The Hall–Kier alpha value is -1.14. The van der Waals surface area contributed by atoms with Gasteiger partial charge >= 0.3 is 0 Å². The highest BCUT2D eigenvalue weighted by Gasteiger charge is 2.16. The minimum atomic E-state index is -0.0551. The van der Waals surface area contributed by atoms with Gasteiger partial charge in [0.15, 0.2) is 0 Å². The second-order valence-electron chi connectivity index (χ2n) is 3.88. The maximum Gasteiger partial charge on any atom is 0.131 e. The summed E-state index contributed by atoms with van der Waals surface area (Å²) >= 11 is 5.00. The largest absolute Gasteiger partial charge is 0.336 e.